The van der Waals surface area contributed by atoms with E-state index in [4.69, 9.17) is 5.26 Å². The lowest BCUT2D eigenvalue weighted by Gasteiger charge is -2.13. The van der Waals surface area contributed by atoms with Crippen LogP contribution < -0.4 is 0 Å². The number of carbonyl (C=O) groups is 1. The molecule has 1 atom stereocenters. The third-order valence-corrected chi connectivity index (χ3v) is 1.70. The zero-order chi connectivity index (χ0) is 7.40. The lowest BCUT2D eigenvalue weighted by atomic mass is 10.2. The first kappa shape index (κ1) is 7.23. The molecule has 0 amide bonds. The van der Waals surface area contributed by atoms with Gasteiger partial charge in [0, 0.05) is 6.54 Å². The van der Waals surface area contributed by atoms with Crippen molar-refractivity contribution in [1.82, 2.24) is 4.90 Å². The zero-order valence-electron chi connectivity index (χ0n) is 5.66. The predicted molar refractivity (Wildman–Crippen MR) is 35.7 cm³/mol. The average Bonchev–Trinajstić information content (AvgIpc) is 2.36. The Kier molecular flexibility index (Phi) is 2.41. The second kappa shape index (κ2) is 3.33. The van der Waals surface area contributed by atoms with Gasteiger partial charge in [0.2, 0.25) is 0 Å². The van der Waals surface area contributed by atoms with Crippen LogP contribution in [0.4, 0.5) is 0 Å². The summed E-state index contributed by atoms with van der Waals surface area (Å²) in [7, 11) is 0. The third kappa shape index (κ3) is 1.34. The fourth-order valence-corrected chi connectivity index (χ4v) is 1.18. The topological polar surface area (TPSA) is 44.1 Å². The van der Waals surface area contributed by atoms with Gasteiger partial charge in [-0.1, -0.05) is 0 Å². The largest absolute Gasteiger partial charge is 0.302 e. The number of nitriles is 1. The minimum absolute atomic E-state index is 0.0646. The van der Waals surface area contributed by atoms with Gasteiger partial charge in [-0.25, -0.2) is 0 Å². The van der Waals surface area contributed by atoms with Gasteiger partial charge in [-0.3, -0.25) is 4.90 Å². The summed E-state index contributed by atoms with van der Waals surface area (Å²) in [5, 5.41) is 8.54. The molecule has 1 aliphatic heterocycles. The molecule has 3 nitrogen and oxygen atoms in total. The third-order valence-electron chi connectivity index (χ3n) is 1.70. The van der Waals surface area contributed by atoms with E-state index in [0.29, 0.717) is 0 Å². The van der Waals surface area contributed by atoms with Crippen LogP contribution in [-0.4, -0.2) is 23.8 Å². The number of likely N-dealkylation sites (tertiary alicyclic amines) is 1. The second-order valence-corrected chi connectivity index (χ2v) is 2.31. The number of nitrogens with zero attached hydrogens (tertiary/aromatic N) is 2. The lowest BCUT2D eigenvalue weighted by molar-refractivity contribution is -0.106. The molecular formula is C7H9N2O. The molecule has 0 aromatic rings. The van der Waals surface area contributed by atoms with Crippen molar-refractivity contribution in [2.24, 2.45) is 0 Å². The average molecular weight is 137 g/mol. The van der Waals surface area contributed by atoms with Crippen molar-refractivity contribution in [3.8, 4) is 6.07 Å². The van der Waals surface area contributed by atoms with Crippen LogP contribution in [0, 0.1) is 17.9 Å². The molecule has 0 bridgehead atoms. The van der Waals surface area contributed by atoms with Crippen LogP contribution in [0.3, 0.4) is 0 Å². The zero-order valence-corrected chi connectivity index (χ0v) is 5.66. The molecule has 0 spiro atoms. The first-order valence-electron chi connectivity index (χ1n) is 3.32. The summed E-state index contributed by atoms with van der Waals surface area (Å²) in [6.07, 6.45) is 2.64. The van der Waals surface area contributed by atoms with Crippen molar-refractivity contribution in [2.75, 3.05) is 6.54 Å². The van der Waals surface area contributed by atoms with Crippen LogP contribution in [0.15, 0.2) is 0 Å². The minimum atomic E-state index is -0.0646. The number of aldehydes is 1. The van der Waals surface area contributed by atoms with E-state index < -0.39 is 0 Å². The van der Waals surface area contributed by atoms with Gasteiger partial charge < -0.3 is 4.79 Å². The molecule has 1 saturated heterocycles. The van der Waals surface area contributed by atoms with Gasteiger partial charge in [0.1, 0.15) is 6.29 Å². The normalized spacial score (nSPS) is 26.1. The number of hydrogen-bond acceptors (Lipinski definition) is 3. The maximum Gasteiger partial charge on any atom is 0.139 e. The van der Waals surface area contributed by atoms with E-state index in [-0.39, 0.29) is 6.04 Å². The molecule has 1 aliphatic rings. The number of hydrogen-bond donors (Lipinski definition) is 0. The molecule has 3 heteroatoms. The van der Waals surface area contributed by atoms with Gasteiger partial charge in [0.05, 0.1) is 18.7 Å². The van der Waals surface area contributed by atoms with E-state index in [0.717, 1.165) is 25.7 Å². The summed E-state index contributed by atoms with van der Waals surface area (Å²) in [5.41, 5.74) is 0. The first-order chi connectivity index (χ1) is 4.88. The Morgan fingerprint density at radius 2 is 2.50 bits per heavy atom. The van der Waals surface area contributed by atoms with E-state index >= 15 is 0 Å². The van der Waals surface area contributed by atoms with Crippen LogP contribution in [0.5, 0.6) is 0 Å². The van der Waals surface area contributed by atoms with Crippen LogP contribution in [-0.2, 0) is 4.79 Å². The molecule has 1 fully saturated rings. The molecular weight excluding hydrogens is 128 g/mol. The Hall–Kier alpha value is -0.880. The maximum absolute atomic E-state index is 10.0. The Morgan fingerprint density at radius 3 is 3.10 bits per heavy atom. The summed E-state index contributed by atoms with van der Waals surface area (Å²) in [4.78, 5) is 11.8. The molecule has 0 aromatic carbocycles. The molecule has 1 heterocycles. The Bertz CT molecular complexity index is 161. The van der Waals surface area contributed by atoms with Gasteiger partial charge in [-0.15, -0.1) is 0 Å². The van der Waals surface area contributed by atoms with Crippen LogP contribution >= 0.6 is 0 Å². The van der Waals surface area contributed by atoms with Gasteiger partial charge in [-0.2, -0.15) is 5.26 Å². The number of rotatable bonds is 2. The minimum Gasteiger partial charge on any atom is -0.302 e. The molecule has 0 aromatic heterocycles. The molecule has 1 radical (unpaired) electrons. The fraction of sp³-hybridized carbons (Fsp3) is 0.571. The molecule has 0 N–H and O–H groups in total. The molecule has 53 valence electrons. The number of carbonyl (C=O) groups excluding carboxylic acids is 1. The standard InChI is InChI=1S/C7H9N2O/c8-6-7-2-1-3-9(7)4-5-10/h4-5,7H,1-3H2/t7-/m0/s1. The van der Waals surface area contributed by atoms with Crippen molar-refractivity contribution < 1.29 is 4.79 Å². The summed E-state index contributed by atoms with van der Waals surface area (Å²) < 4.78 is 0. The van der Waals surface area contributed by atoms with Gasteiger partial charge >= 0.3 is 0 Å². The molecule has 1 rings (SSSR count). The van der Waals surface area contributed by atoms with Crippen molar-refractivity contribution in [1.29, 1.82) is 5.26 Å². The van der Waals surface area contributed by atoms with Crippen molar-refractivity contribution in [2.45, 2.75) is 18.9 Å². The summed E-state index contributed by atoms with van der Waals surface area (Å²) in [6, 6.07) is 2.07. The Morgan fingerprint density at radius 1 is 1.70 bits per heavy atom. The predicted octanol–water partition coefficient (Wildman–Crippen LogP) is 0.335. The van der Waals surface area contributed by atoms with Crippen molar-refractivity contribution >= 4 is 6.29 Å². The molecule has 10 heavy (non-hydrogen) atoms. The van der Waals surface area contributed by atoms with Crippen LogP contribution in [0.25, 0.3) is 0 Å². The first-order valence-corrected chi connectivity index (χ1v) is 3.32. The highest BCUT2D eigenvalue weighted by molar-refractivity contribution is 5.60. The lowest BCUT2D eigenvalue weighted by Crippen LogP contribution is -2.25. The van der Waals surface area contributed by atoms with Gasteiger partial charge in [-0.05, 0) is 12.8 Å². The van der Waals surface area contributed by atoms with Crippen molar-refractivity contribution in [3.63, 3.8) is 0 Å². The maximum atomic E-state index is 10.0. The smallest absolute Gasteiger partial charge is 0.139 e. The summed E-state index contributed by atoms with van der Waals surface area (Å²) in [5.74, 6) is 0. The van der Waals surface area contributed by atoms with Gasteiger partial charge in [0.15, 0.2) is 0 Å². The van der Waals surface area contributed by atoms with E-state index in [1.807, 2.05) is 0 Å². The molecule has 0 saturated carbocycles. The molecule has 0 aliphatic carbocycles. The highest BCUT2D eigenvalue weighted by Gasteiger charge is 2.23. The second-order valence-electron chi connectivity index (χ2n) is 2.31. The fourth-order valence-electron chi connectivity index (χ4n) is 1.18. The Balaban J connectivity index is 2.43. The van der Waals surface area contributed by atoms with E-state index in [2.05, 4.69) is 6.07 Å². The van der Waals surface area contributed by atoms with Crippen molar-refractivity contribution in [3.05, 3.63) is 6.54 Å². The Labute approximate surface area is 60.2 Å². The molecule has 0 unspecified atom stereocenters. The van der Waals surface area contributed by atoms with Crippen LogP contribution in [0.1, 0.15) is 12.8 Å². The van der Waals surface area contributed by atoms with E-state index in [9.17, 15) is 4.79 Å². The van der Waals surface area contributed by atoms with E-state index in [1.165, 1.54) is 6.54 Å². The van der Waals surface area contributed by atoms with Crippen LogP contribution in [0.2, 0.25) is 0 Å². The SMILES string of the molecule is N#C[C@@H]1CCCN1[CH]C=O. The summed E-state index contributed by atoms with van der Waals surface area (Å²) >= 11 is 0. The van der Waals surface area contributed by atoms with E-state index in [1.54, 1.807) is 4.90 Å². The summed E-state index contributed by atoms with van der Waals surface area (Å²) in [6.45, 7) is 2.29. The van der Waals surface area contributed by atoms with Gasteiger partial charge in [0.25, 0.3) is 0 Å². The monoisotopic (exact) mass is 137 g/mol. The highest BCUT2D eigenvalue weighted by Crippen LogP contribution is 2.16. The quantitative estimate of drug-likeness (QED) is 0.515. The highest BCUT2D eigenvalue weighted by atomic mass is 16.1.